The van der Waals surface area contributed by atoms with Gasteiger partial charge in [0.25, 0.3) is 0 Å². The van der Waals surface area contributed by atoms with E-state index in [0.717, 1.165) is 31.2 Å². The molecule has 0 amide bonds. The maximum absolute atomic E-state index is 13.8. The van der Waals surface area contributed by atoms with Crippen molar-refractivity contribution in [1.82, 2.24) is 5.32 Å². The van der Waals surface area contributed by atoms with E-state index in [9.17, 15) is 4.39 Å². The van der Waals surface area contributed by atoms with Crippen molar-refractivity contribution in [2.45, 2.75) is 37.8 Å². The van der Waals surface area contributed by atoms with Crippen LogP contribution in [0.5, 0.6) is 0 Å². The van der Waals surface area contributed by atoms with Gasteiger partial charge in [0, 0.05) is 12.1 Å². The molecule has 0 aliphatic heterocycles. The third-order valence-corrected chi connectivity index (χ3v) is 4.70. The Kier molecular flexibility index (Phi) is 2.85. The highest BCUT2D eigenvalue weighted by molar-refractivity contribution is 5.37. The van der Waals surface area contributed by atoms with Crippen molar-refractivity contribution in [3.05, 3.63) is 70.5 Å². The molecule has 0 fully saturated rings. The van der Waals surface area contributed by atoms with Crippen LogP contribution >= 0.6 is 0 Å². The van der Waals surface area contributed by atoms with Crippen molar-refractivity contribution in [1.29, 1.82) is 0 Å². The molecular formula is C18H18FN. The Morgan fingerprint density at radius 1 is 0.950 bits per heavy atom. The molecule has 102 valence electrons. The number of rotatable bonds is 2. The maximum Gasteiger partial charge on any atom is 0.126 e. The molecule has 0 bridgehead atoms. The lowest BCUT2D eigenvalue weighted by atomic mass is 10.1. The van der Waals surface area contributed by atoms with Crippen molar-refractivity contribution >= 4 is 0 Å². The first kappa shape index (κ1) is 12.1. The summed E-state index contributed by atoms with van der Waals surface area (Å²) in [6, 6.07) is 15.0. The average Bonchev–Trinajstić information content (AvgIpc) is 3.04. The fourth-order valence-corrected chi connectivity index (χ4v) is 3.74. The van der Waals surface area contributed by atoms with E-state index in [2.05, 4.69) is 35.6 Å². The molecule has 0 aromatic heterocycles. The van der Waals surface area contributed by atoms with Gasteiger partial charge in [-0.15, -0.1) is 0 Å². The zero-order valence-electron chi connectivity index (χ0n) is 11.4. The predicted octanol–water partition coefficient (Wildman–Crippen LogP) is 3.57. The molecule has 4 rings (SSSR count). The fourth-order valence-electron chi connectivity index (χ4n) is 3.74. The van der Waals surface area contributed by atoms with Gasteiger partial charge in [0.1, 0.15) is 5.82 Å². The molecule has 1 atom stereocenters. The maximum atomic E-state index is 13.8. The van der Waals surface area contributed by atoms with Gasteiger partial charge < -0.3 is 5.32 Å². The van der Waals surface area contributed by atoms with E-state index in [1.807, 2.05) is 6.07 Å². The molecule has 0 radical (unpaired) electrons. The van der Waals surface area contributed by atoms with Crippen LogP contribution in [0.4, 0.5) is 4.39 Å². The Hall–Kier alpha value is -1.67. The van der Waals surface area contributed by atoms with Crippen LogP contribution in [0.15, 0.2) is 42.5 Å². The Bertz CT molecular complexity index is 625. The van der Waals surface area contributed by atoms with Gasteiger partial charge in [-0.1, -0.05) is 36.4 Å². The van der Waals surface area contributed by atoms with E-state index in [4.69, 9.17) is 0 Å². The quantitative estimate of drug-likeness (QED) is 0.877. The minimum absolute atomic E-state index is 0.0403. The number of hydrogen-bond acceptors (Lipinski definition) is 1. The molecule has 0 saturated heterocycles. The SMILES string of the molecule is Fc1cccc2c1CCC2NC1Cc2ccccc2C1. The highest BCUT2D eigenvalue weighted by Crippen LogP contribution is 2.34. The molecule has 2 aliphatic rings. The van der Waals surface area contributed by atoms with E-state index in [0.29, 0.717) is 12.1 Å². The molecular weight excluding hydrogens is 249 g/mol. The highest BCUT2D eigenvalue weighted by Gasteiger charge is 2.29. The van der Waals surface area contributed by atoms with Crippen LogP contribution in [-0.4, -0.2) is 6.04 Å². The van der Waals surface area contributed by atoms with E-state index in [1.54, 1.807) is 6.07 Å². The minimum Gasteiger partial charge on any atom is -0.306 e. The van der Waals surface area contributed by atoms with Crippen molar-refractivity contribution in [2.75, 3.05) is 0 Å². The van der Waals surface area contributed by atoms with Crippen LogP contribution in [0.1, 0.15) is 34.7 Å². The normalized spacial score (nSPS) is 20.9. The predicted molar refractivity (Wildman–Crippen MR) is 78.2 cm³/mol. The van der Waals surface area contributed by atoms with E-state index < -0.39 is 0 Å². The van der Waals surface area contributed by atoms with Crippen LogP contribution in [0.2, 0.25) is 0 Å². The van der Waals surface area contributed by atoms with Gasteiger partial charge in [0.2, 0.25) is 0 Å². The number of fused-ring (bicyclic) bond motifs is 2. The molecule has 2 aromatic carbocycles. The topological polar surface area (TPSA) is 12.0 Å². The second-order valence-electron chi connectivity index (χ2n) is 5.94. The van der Waals surface area contributed by atoms with Crippen molar-refractivity contribution < 1.29 is 4.39 Å². The van der Waals surface area contributed by atoms with Gasteiger partial charge in [-0.3, -0.25) is 0 Å². The van der Waals surface area contributed by atoms with Gasteiger partial charge in [0.05, 0.1) is 0 Å². The van der Waals surface area contributed by atoms with E-state index >= 15 is 0 Å². The summed E-state index contributed by atoms with van der Waals surface area (Å²) in [7, 11) is 0. The Balaban J connectivity index is 1.52. The fraction of sp³-hybridized carbons (Fsp3) is 0.333. The molecule has 1 N–H and O–H groups in total. The van der Waals surface area contributed by atoms with Crippen LogP contribution in [0.25, 0.3) is 0 Å². The third-order valence-electron chi connectivity index (χ3n) is 4.70. The summed E-state index contributed by atoms with van der Waals surface area (Å²) in [4.78, 5) is 0. The lowest BCUT2D eigenvalue weighted by Crippen LogP contribution is -2.32. The molecule has 0 saturated carbocycles. The third kappa shape index (κ3) is 1.95. The monoisotopic (exact) mass is 267 g/mol. The van der Waals surface area contributed by atoms with Crippen LogP contribution < -0.4 is 5.32 Å². The van der Waals surface area contributed by atoms with Crippen LogP contribution in [0.3, 0.4) is 0 Å². The summed E-state index contributed by atoms with van der Waals surface area (Å²) in [6.07, 6.45) is 4.07. The first-order chi connectivity index (χ1) is 9.81. The zero-order valence-corrected chi connectivity index (χ0v) is 11.4. The standard InChI is InChI=1S/C18H18FN/c19-17-7-3-6-16-15(17)8-9-18(16)20-14-10-12-4-1-2-5-13(12)11-14/h1-7,14,18,20H,8-11H2. The van der Waals surface area contributed by atoms with E-state index in [1.165, 1.54) is 16.7 Å². The summed E-state index contributed by atoms with van der Waals surface area (Å²) < 4.78 is 13.8. The zero-order chi connectivity index (χ0) is 13.5. The Morgan fingerprint density at radius 3 is 2.45 bits per heavy atom. The molecule has 0 heterocycles. The Morgan fingerprint density at radius 2 is 1.70 bits per heavy atom. The van der Waals surface area contributed by atoms with E-state index in [-0.39, 0.29) is 5.82 Å². The van der Waals surface area contributed by atoms with Crippen LogP contribution in [-0.2, 0) is 19.3 Å². The van der Waals surface area contributed by atoms with Gasteiger partial charge in [0.15, 0.2) is 0 Å². The molecule has 0 spiro atoms. The van der Waals surface area contributed by atoms with Crippen molar-refractivity contribution in [2.24, 2.45) is 0 Å². The summed E-state index contributed by atoms with van der Waals surface area (Å²) >= 11 is 0. The first-order valence-electron chi connectivity index (χ1n) is 7.41. The number of benzene rings is 2. The number of nitrogens with one attached hydrogen (secondary N) is 1. The highest BCUT2D eigenvalue weighted by atomic mass is 19.1. The summed E-state index contributed by atoms with van der Waals surface area (Å²) in [5, 5.41) is 3.74. The molecule has 20 heavy (non-hydrogen) atoms. The number of hydrogen-bond donors (Lipinski definition) is 1. The lowest BCUT2D eigenvalue weighted by molar-refractivity contribution is 0.443. The Labute approximate surface area is 118 Å². The van der Waals surface area contributed by atoms with Gasteiger partial charge >= 0.3 is 0 Å². The molecule has 1 nitrogen and oxygen atoms in total. The first-order valence-corrected chi connectivity index (χ1v) is 7.41. The molecule has 2 aromatic rings. The second-order valence-corrected chi connectivity index (χ2v) is 5.94. The summed E-state index contributed by atoms with van der Waals surface area (Å²) in [5.74, 6) is -0.0403. The summed E-state index contributed by atoms with van der Waals surface area (Å²) in [5.41, 5.74) is 5.01. The van der Waals surface area contributed by atoms with Gasteiger partial charge in [-0.05, 0) is 54.0 Å². The average molecular weight is 267 g/mol. The van der Waals surface area contributed by atoms with Gasteiger partial charge in [-0.25, -0.2) is 4.39 Å². The molecule has 2 heteroatoms. The molecule has 2 aliphatic carbocycles. The van der Waals surface area contributed by atoms with Crippen LogP contribution in [0, 0.1) is 5.82 Å². The van der Waals surface area contributed by atoms with Crippen molar-refractivity contribution in [3.8, 4) is 0 Å². The smallest absolute Gasteiger partial charge is 0.126 e. The van der Waals surface area contributed by atoms with Gasteiger partial charge in [-0.2, -0.15) is 0 Å². The number of halogens is 1. The lowest BCUT2D eigenvalue weighted by Gasteiger charge is -2.19. The second kappa shape index (κ2) is 4.71. The minimum atomic E-state index is -0.0403. The molecule has 1 unspecified atom stereocenters. The summed E-state index contributed by atoms with van der Waals surface area (Å²) in [6.45, 7) is 0. The largest absolute Gasteiger partial charge is 0.306 e. The van der Waals surface area contributed by atoms with Crippen molar-refractivity contribution in [3.63, 3.8) is 0 Å².